The lowest BCUT2D eigenvalue weighted by Crippen LogP contribution is -2.28. The number of hydrogen-bond donors (Lipinski definition) is 1. The van der Waals surface area contributed by atoms with E-state index in [0.29, 0.717) is 0 Å². The van der Waals surface area contributed by atoms with Gasteiger partial charge >= 0.3 is 0 Å². The lowest BCUT2D eigenvalue weighted by molar-refractivity contribution is 0.561. The fraction of sp³-hybridized carbons (Fsp3) is 0.250. The molecule has 0 aromatic heterocycles. The van der Waals surface area contributed by atoms with Gasteiger partial charge < -0.3 is 0 Å². The normalized spacial score (nSPS) is 13.1. The van der Waals surface area contributed by atoms with E-state index in [1.54, 1.807) is 6.92 Å². The van der Waals surface area contributed by atoms with Gasteiger partial charge in [0, 0.05) is 16.6 Å². The largest absolute Gasteiger partial charge is 0.216 e. The van der Waals surface area contributed by atoms with Crippen molar-refractivity contribution in [1.82, 2.24) is 4.72 Å². The topological polar surface area (TPSA) is 46.2 Å². The first-order valence-electron chi connectivity index (χ1n) is 6.78. The minimum Gasteiger partial charge on any atom is -0.212 e. The van der Waals surface area contributed by atoms with Crippen molar-refractivity contribution in [3.05, 3.63) is 70.0 Å². The summed E-state index contributed by atoms with van der Waals surface area (Å²) in [7, 11) is -3.71. The van der Waals surface area contributed by atoms with Crippen LogP contribution in [0, 0.1) is 12.7 Å². The molecule has 0 amide bonds. The number of halogens is 2. The van der Waals surface area contributed by atoms with Crippen LogP contribution in [0.5, 0.6) is 0 Å². The number of hydrogen-bond acceptors (Lipinski definition) is 2. The minimum atomic E-state index is -3.71. The Morgan fingerprint density at radius 2 is 1.82 bits per heavy atom. The maximum absolute atomic E-state index is 13.7. The second kappa shape index (κ2) is 6.77. The van der Waals surface area contributed by atoms with E-state index in [0.717, 1.165) is 11.1 Å². The number of aryl methyl sites for hydroxylation is 1. The highest BCUT2D eigenvalue weighted by Crippen LogP contribution is 2.22. The molecule has 0 aliphatic carbocycles. The second-order valence-electron chi connectivity index (χ2n) is 5.21. The number of nitrogens with one attached hydrogen (secondary N) is 1. The first-order chi connectivity index (χ1) is 10.3. The van der Waals surface area contributed by atoms with Gasteiger partial charge in [-0.25, -0.2) is 17.5 Å². The van der Waals surface area contributed by atoms with E-state index in [1.807, 2.05) is 31.2 Å². The first kappa shape index (κ1) is 16.9. The van der Waals surface area contributed by atoms with E-state index in [2.05, 4.69) is 4.72 Å². The highest BCUT2D eigenvalue weighted by molar-refractivity contribution is 7.88. The molecule has 0 spiro atoms. The van der Waals surface area contributed by atoms with E-state index >= 15 is 0 Å². The fourth-order valence-corrected chi connectivity index (χ4v) is 3.83. The van der Waals surface area contributed by atoms with E-state index in [9.17, 15) is 12.8 Å². The van der Waals surface area contributed by atoms with E-state index in [4.69, 9.17) is 11.6 Å². The summed E-state index contributed by atoms with van der Waals surface area (Å²) < 4.78 is 40.7. The molecule has 0 saturated carbocycles. The zero-order valence-electron chi connectivity index (χ0n) is 12.3. The summed E-state index contributed by atoms with van der Waals surface area (Å²) in [6.07, 6.45) is 0. The van der Waals surface area contributed by atoms with Gasteiger partial charge in [0.05, 0.1) is 5.75 Å². The van der Waals surface area contributed by atoms with Gasteiger partial charge in [-0.05, 0) is 31.5 Å². The Morgan fingerprint density at radius 1 is 1.18 bits per heavy atom. The van der Waals surface area contributed by atoms with Crippen molar-refractivity contribution < 1.29 is 12.8 Å². The standard InChI is InChI=1S/C16H17ClFNO2S/c1-11-6-8-13(9-7-11)12(2)19-22(20,21)10-14-15(17)4-3-5-16(14)18/h3-9,12,19H,10H2,1-2H3/t12-/m0/s1. The molecule has 22 heavy (non-hydrogen) atoms. The maximum Gasteiger partial charge on any atom is 0.216 e. The molecule has 0 radical (unpaired) electrons. The molecule has 3 nitrogen and oxygen atoms in total. The zero-order chi connectivity index (χ0) is 16.3. The zero-order valence-corrected chi connectivity index (χ0v) is 13.9. The molecular weight excluding hydrogens is 325 g/mol. The Labute approximate surface area is 135 Å². The molecule has 6 heteroatoms. The quantitative estimate of drug-likeness (QED) is 0.894. The van der Waals surface area contributed by atoms with E-state index < -0.39 is 27.6 Å². The van der Waals surface area contributed by atoms with E-state index in [1.165, 1.54) is 18.2 Å². The Hall–Kier alpha value is -1.43. The van der Waals surface area contributed by atoms with Gasteiger partial charge in [0.1, 0.15) is 5.82 Å². The highest BCUT2D eigenvalue weighted by Gasteiger charge is 2.20. The van der Waals surface area contributed by atoms with Crippen LogP contribution in [0.4, 0.5) is 4.39 Å². The predicted octanol–water partition coefficient (Wildman–Crippen LogP) is 3.97. The van der Waals surface area contributed by atoms with Crippen molar-refractivity contribution in [2.24, 2.45) is 0 Å². The van der Waals surface area contributed by atoms with Crippen LogP contribution in [-0.2, 0) is 15.8 Å². The molecule has 2 aromatic rings. The number of sulfonamides is 1. The molecule has 0 bridgehead atoms. The monoisotopic (exact) mass is 341 g/mol. The summed E-state index contributed by atoms with van der Waals surface area (Å²) >= 11 is 5.87. The van der Waals surface area contributed by atoms with Crippen LogP contribution in [0.1, 0.15) is 29.7 Å². The van der Waals surface area contributed by atoms with Crippen molar-refractivity contribution in [2.45, 2.75) is 25.6 Å². The molecule has 0 saturated heterocycles. The molecule has 118 valence electrons. The van der Waals surface area contributed by atoms with Gasteiger partial charge in [-0.1, -0.05) is 47.5 Å². The van der Waals surface area contributed by atoms with Crippen molar-refractivity contribution in [1.29, 1.82) is 0 Å². The lowest BCUT2D eigenvalue weighted by Gasteiger charge is -2.15. The van der Waals surface area contributed by atoms with Crippen molar-refractivity contribution in [3.63, 3.8) is 0 Å². The predicted molar refractivity (Wildman–Crippen MR) is 86.8 cm³/mol. The molecule has 1 atom stereocenters. The van der Waals surface area contributed by atoms with Crippen LogP contribution < -0.4 is 4.72 Å². The third kappa shape index (κ3) is 4.29. The average molecular weight is 342 g/mol. The smallest absolute Gasteiger partial charge is 0.212 e. The Balaban J connectivity index is 2.16. The molecule has 0 fully saturated rings. The van der Waals surface area contributed by atoms with Crippen LogP contribution in [-0.4, -0.2) is 8.42 Å². The maximum atomic E-state index is 13.7. The Kier molecular flexibility index (Phi) is 5.21. The number of benzene rings is 2. The summed E-state index contributed by atoms with van der Waals surface area (Å²) in [4.78, 5) is 0. The molecular formula is C16H17ClFNO2S. The number of rotatable bonds is 5. The molecule has 2 rings (SSSR count). The highest BCUT2D eigenvalue weighted by atomic mass is 35.5. The lowest BCUT2D eigenvalue weighted by atomic mass is 10.1. The van der Waals surface area contributed by atoms with Gasteiger partial charge in [0.15, 0.2) is 0 Å². The average Bonchev–Trinajstić information content (AvgIpc) is 2.43. The van der Waals surface area contributed by atoms with Gasteiger partial charge in [-0.15, -0.1) is 0 Å². The van der Waals surface area contributed by atoms with Gasteiger partial charge in [-0.3, -0.25) is 0 Å². The van der Waals surface area contributed by atoms with E-state index in [-0.39, 0.29) is 10.6 Å². The molecule has 0 heterocycles. The van der Waals surface area contributed by atoms with Crippen LogP contribution in [0.15, 0.2) is 42.5 Å². The summed E-state index contributed by atoms with van der Waals surface area (Å²) in [6, 6.07) is 11.2. The molecule has 2 aromatic carbocycles. The Bertz CT molecular complexity index is 740. The minimum absolute atomic E-state index is 0.0206. The van der Waals surface area contributed by atoms with Crippen molar-refractivity contribution in [3.8, 4) is 0 Å². The van der Waals surface area contributed by atoms with Crippen LogP contribution >= 0.6 is 11.6 Å². The third-order valence-electron chi connectivity index (χ3n) is 3.33. The van der Waals surface area contributed by atoms with Crippen molar-refractivity contribution >= 4 is 21.6 Å². The summed E-state index contributed by atoms with van der Waals surface area (Å²) in [5.74, 6) is -1.12. The van der Waals surface area contributed by atoms with Crippen molar-refractivity contribution in [2.75, 3.05) is 0 Å². The van der Waals surface area contributed by atoms with Crippen LogP contribution in [0.3, 0.4) is 0 Å². The molecule has 0 aliphatic rings. The second-order valence-corrected chi connectivity index (χ2v) is 7.37. The third-order valence-corrected chi connectivity index (χ3v) is 5.07. The SMILES string of the molecule is Cc1ccc([C@H](C)NS(=O)(=O)Cc2c(F)cccc2Cl)cc1. The molecule has 0 aliphatic heterocycles. The molecule has 0 unspecified atom stereocenters. The summed E-state index contributed by atoms with van der Waals surface area (Å²) in [5.41, 5.74) is 1.92. The first-order valence-corrected chi connectivity index (χ1v) is 8.81. The Morgan fingerprint density at radius 3 is 2.41 bits per heavy atom. The van der Waals surface area contributed by atoms with Crippen LogP contribution in [0.25, 0.3) is 0 Å². The van der Waals surface area contributed by atoms with Crippen LogP contribution in [0.2, 0.25) is 5.02 Å². The van der Waals surface area contributed by atoms with Gasteiger partial charge in [0.2, 0.25) is 10.0 Å². The summed E-state index contributed by atoms with van der Waals surface area (Å²) in [5, 5.41) is 0.105. The van der Waals surface area contributed by atoms with Gasteiger partial charge in [-0.2, -0.15) is 0 Å². The summed E-state index contributed by atoms with van der Waals surface area (Å²) in [6.45, 7) is 3.70. The fourth-order valence-electron chi connectivity index (χ4n) is 2.09. The molecule has 1 N–H and O–H groups in total. The van der Waals surface area contributed by atoms with Gasteiger partial charge in [0.25, 0.3) is 0 Å².